The van der Waals surface area contributed by atoms with E-state index in [-0.39, 0.29) is 5.91 Å². The highest BCUT2D eigenvalue weighted by molar-refractivity contribution is 5.78. The Hall–Kier alpha value is -3.22. The van der Waals surface area contributed by atoms with Gasteiger partial charge in [-0.15, -0.1) is 5.10 Å². The molecule has 0 saturated carbocycles. The fourth-order valence-electron chi connectivity index (χ4n) is 2.18. The van der Waals surface area contributed by atoms with Crippen LogP contribution in [-0.4, -0.2) is 33.0 Å². The Bertz CT molecular complexity index is 799. The number of hydrogen-bond acceptors (Lipinski definition) is 5. The van der Waals surface area contributed by atoms with Crippen LogP contribution in [0.5, 0.6) is 5.75 Å². The molecule has 0 radical (unpaired) electrons. The SMILES string of the molecule is COc1ccc(CC(=O)NCc2cn(-c3ccncc3)nn2)cc1. The van der Waals surface area contributed by atoms with Crippen molar-refractivity contribution in [2.24, 2.45) is 0 Å². The van der Waals surface area contributed by atoms with Crippen LogP contribution in [0.15, 0.2) is 55.0 Å². The van der Waals surface area contributed by atoms with E-state index in [1.54, 1.807) is 30.4 Å². The number of hydrogen-bond donors (Lipinski definition) is 1. The number of methoxy groups -OCH3 is 1. The van der Waals surface area contributed by atoms with Gasteiger partial charge >= 0.3 is 0 Å². The van der Waals surface area contributed by atoms with Crippen LogP contribution in [-0.2, 0) is 17.8 Å². The maximum Gasteiger partial charge on any atom is 0.224 e. The Labute approximate surface area is 139 Å². The number of carbonyl (C=O) groups is 1. The molecule has 0 aliphatic rings. The molecule has 0 aliphatic heterocycles. The summed E-state index contributed by atoms with van der Waals surface area (Å²) in [5.41, 5.74) is 2.48. The number of benzene rings is 1. The molecule has 0 fully saturated rings. The van der Waals surface area contributed by atoms with Gasteiger partial charge in [0.25, 0.3) is 0 Å². The van der Waals surface area contributed by atoms with Gasteiger partial charge in [0, 0.05) is 12.4 Å². The molecule has 7 heteroatoms. The minimum Gasteiger partial charge on any atom is -0.497 e. The normalized spacial score (nSPS) is 10.4. The van der Waals surface area contributed by atoms with Crippen LogP contribution in [0, 0.1) is 0 Å². The molecular weight excluding hydrogens is 306 g/mol. The van der Waals surface area contributed by atoms with Crippen molar-refractivity contribution >= 4 is 5.91 Å². The first kappa shape index (κ1) is 15.7. The standard InChI is InChI=1S/C17H17N5O2/c1-24-16-4-2-13(3-5-16)10-17(23)19-11-14-12-22(21-20-14)15-6-8-18-9-7-15/h2-9,12H,10-11H2,1H3,(H,19,23). The molecule has 0 aliphatic carbocycles. The zero-order valence-corrected chi connectivity index (χ0v) is 13.2. The quantitative estimate of drug-likeness (QED) is 0.744. The molecule has 122 valence electrons. The summed E-state index contributed by atoms with van der Waals surface area (Å²) in [6.07, 6.45) is 5.46. The van der Waals surface area contributed by atoms with Gasteiger partial charge in [0.1, 0.15) is 11.4 Å². The molecule has 0 bridgehead atoms. The molecule has 3 aromatic rings. The number of amides is 1. The van der Waals surface area contributed by atoms with Gasteiger partial charge in [-0.25, -0.2) is 4.68 Å². The summed E-state index contributed by atoms with van der Waals surface area (Å²) in [6, 6.07) is 11.1. The lowest BCUT2D eigenvalue weighted by atomic mass is 10.1. The summed E-state index contributed by atoms with van der Waals surface area (Å²) in [6.45, 7) is 0.333. The molecule has 1 amide bonds. The van der Waals surface area contributed by atoms with Crippen molar-refractivity contribution in [1.29, 1.82) is 0 Å². The number of rotatable bonds is 6. The monoisotopic (exact) mass is 323 g/mol. The lowest BCUT2D eigenvalue weighted by Crippen LogP contribution is -2.24. The highest BCUT2D eigenvalue weighted by atomic mass is 16.5. The lowest BCUT2D eigenvalue weighted by molar-refractivity contribution is -0.120. The van der Waals surface area contributed by atoms with Gasteiger partial charge in [0.05, 0.1) is 32.0 Å². The molecule has 7 nitrogen and oxygen atoms in total. The summed E-state index contributed by atoms with van der Waals surface area (Å²) < 4.78 is 6.74. The summed E-state index contributed by atoms with van der Waals surface area (Å²) in [4.78, 5) is 16.0. The third kappa shape index (κ3) is 3.95. The van der Waals surface area contributed by atoms with E-state index in [0.717, 1.165) is 17.0 Å². The Morgan fingerprint density at radius 1 is 1.17 bits per heavy atom. The van der Waals surface area contributed by atoms with E-state index in [4.69, 9.17) is 4.74 Å². The number of nitrogens with zero attached hydrogens (tertiary/aromatic N) is 4. The molecular formula is C17H17N5O2. The van der Waals surface area contributed by atoms with Crippen LogP contribution in [0.1, 0.15) is 11.3 Å². The van der Waals surface area contributed by atoms with Gasteiger partial charge in [-0.3, -0.25) is 9.78 Å². The Balaban J connectivity index is 1.53. The second-order valence-corrected chi connectivity index (χ2v) is 5.16. The first-order valence-electron chi connectivity index (χ1n) is 7.46. The van der Waals surface area contributed by atoms with Crippen molar-refractivity contribution in [3.05, 3.63) is 66.2 Å². The van der Waals surface area contributed by atoms with Crippen molar-refractivity contribution in [2.75, 3.05) is 7.11 Å². The minimum absolute atomic E-state index is 0.0707. The van der Waals surface area contributed by atoms with Crippen LogP contribution in [0.25, 0.3) is 5.69 Å². The van der Waals surface area contributed by atoms with Gasteiger partial charge in [-0.2, -0.15) is 0 Å². The average Bonchev–Trinajstić information content (AvgIpc) is 3.10. The Morgan fingerprint density at radius 3 is 2.62 bits per heavy atom. The highest BCUT2D eigenvalue weighted by Crippen LogP contribution is 2.11. The highest BCUT2D eigenvalue weighted by Gasteiger charge is 2.07. The first-order chi connectivity index (χ1) is 11.7. The third-order valence-electron chi connectivity index (χ3n) is 3.46. The number of nitrogens with one attached hydrogen (secondary N) is 1. The summed E-state index contributed by atoms with van der Waals surface area (Å²) >= 11 is 0. The second-order valence-electron chi connectivity index (χ2n) is 5.16. The first-order valence-corrected chi connectivity index (χ1v) is 7.46. The van der Waals surface area contributed by atoms with Crippen LogP contribution < -0.4 is 10.1 Å². The van der Waals surface area contributed by atoms with Crippen molar-refractivity contribution < 1.29 is 9.53 Å². The Morgan fingerprint density at radius 2 is 1.92 bits per heavy atom. The molecule has 1 aromatic carbocycles. The van der Waals surface area contributed by atoms with E-state index < -0.39 is 0 Å². The topological polar surface area (TPSA) is 81.9 Å². The van der Waals surface area contributed by atoms with Crippen LogP contribution >= 0.6 is 0 Å². The molecule has 24 heavy (non-hydrogen) atoms. The maximum absolute atomic E-state index is 12.0. The van der Waals surface area contributed by atoms with E-state index in [1.807, 2.05) is 36.4 Å². The van der Waals surface area contributed by atoms with Gasteiger partial charge in [0.2, 0.25) is 5.91 Å². The van der Waals surface area contributed by atoms with Crippen molar-refractivity contribution in [1.82, 2.24) is 25.3 Å². The maximum atomic E-state index is 12.0. The number of carbonyl (C=O) groups excluding carboxylic acids is 1. The molecule has 0 saturated heterocycles. The zero-order chi connectivity index (χ0) is 16.8. The largest absolute Gasteiger partial charge is 0.497 e. The summed E-state index contributed by atoms with van der Waals surface area (Å²) in [7, 11) is 1.61. The van der Waals surface area contributed by atoms with E-state index in [1.165, 1.54) is 0 Å². The molecule has 0 spiro atoms. The minimum atomic E-state index is -0.0707. The van der Waals surface area contributed by atoms with Crippen LogP contribution in [0.3, 0.4) is 0 Å². The van der Waals surface area contributed by atoms with Crippen LogP contribution in [0.2, 0.25) is 0 Å². The lowest BCUT2D eigenvalue weighted by Gasteiger charge is -2.04. The van der Waals surface area contributed by atoms with E-state index in [2.05, 4.69) is 20.6 Å². The zero-order valence-electron chi connectivity index (χ0n) is 13.2. The number of pyridine rings is 1. The smallest absolute Gasteiger partial charge is 0.224 e. The fourth-order valence-corrected chi connectivity index (χ4v) is 2.18. The van der Waals surface area contributed by atoms with Gasteiger partial charge < -0.3 is 10.1 Å². The number of aromatic nitrogens is 4. The predicted octanol–water partition coefficient (Wildman–Crippen LogP) is 1.53. The van der Waals surface area contributed by atoms with E-state index in [0.29, 0.717) is 18.7 Å². The second kappa shape index (κ2) is 7.36. The van der Waals surface area contributed by atoms with Gasteiger partial charge in [-0.1, -0.05) is 17.3 Å². The van der Waals surface area contributed by atoms with Gasteiger partial charge in [0.15, 0.2) is 0 Å². The molecule has 3 rings (SSSR count). The van der Waals surface area contributed by atoms with Crippen molar-refractivity contribution in [3.8, 4) is 11.4 Å². The number of ether oxygens (including phenoxy) is 1. The molecule has 2 aromatic heterocycles. The molecule has 0 atom stereocenters. The van der Waals surface area contributed by atoms with Crippen molar-refractivity contribution in [2.45, 2.75) is 13.0 Å². The van der Waals surface area contributed by atoms with E-state index in [9.17, 15) is 4.79 Å². The predicted molar refractivity (Wildman–Crippen MR) is 87.7 cm³/mol. The third-order valence-corrected chi connectivity index (χ3v) is 3.46. The molecule has 0 unspecified atom stereocenters. The average molecular weight is 323 g/mol. The molecule has 2 heterocycles. The van der Waals surface area contributed by atoms with Crippen LogP contribution in [0.4, 0.5) is 0 Å². The summed E-state index contributed by atoms with van der Waals surface area (Å²) in [5.74, 6) is 0.700. The van der Waals surface area contributed by atoms with Gasteiger partial charge in [-0.05, 0) is 29.8 Å². The fraction of sp³-hybridized carbons (Fsp3) is 0.176. The molecule has 1 N–H and O–H groups in total. The van der Waals surface area contributed by atoms with Crippen molar-refractivity contribution in [3.63, 3.8) is 0 Å². The Kier molecular flexibility index (Phi) is 4.81. The summed E-state index contributed by atoms with van der Waals surface area (Å²) in [5, 5.41) is 10.9. The van der Waals surface area contributed by atoms with E-state index >= 15 is 0 Å².